The molecule has 1 aliphatic rings. The van der Waals surface area contributed by atoms with Gasteiger partial charge < -0.3 is 10.2 Å². The Bertz CT molecular complexity index is 742. The van der Waals surface area contributed by atoms with Gasteiger partial charge in [-0.2, -0.15) is 5.10 Å². The van der Waals surface area contributed by atoms with Crippen molar-refractivity contribution in [3.63, 3.8) is 0 Å². The number of halogens is 2. The van der Waals surface area contributed by atoms with Crippen molar-refractivity contribution in [1.29, 1.82) is 0 Å². The Labute approximate surface area is 166 Å². The molecule has 3 rings (SSSR count). The van der Waals surface area contributed by atoms with E-state index in [4.69, 9.17) is 11.6 Å². The van der Waals surface area contributed by atoms with Crippen LogP contribution >= 0.6 is 24.0 Å². The summed E-state index contributed by atoms with van der Waals surface area (Å²) < 4.78 is 1.86. The van der Waals surface area contributed by atoms with Crippen LogP contribution in [0.25, 0.3) is 5.69 Å². The summed E-state index contributed by atoms with van der Waals surface area (Å²) in [6, 6.07) is 7.53. The molecule has 7 heteroatoms. The predicted molar refractivity (Wildman–Crippen MR) is 108 cm³/mol. The van der Waals surface area contributed by atoms with Crippen molar-refractivity contribution in [3.8, 4) is 5.69 Å². The maximum absolute atomic E-state index is 13.1. The highest BCUT2D eigenvalue weighted by molar-refractivity contribution is 6.30. The quantitative estimate of drug-likeness (QED) is 0.836. The smallest absolute Gasteiger partial charge is 0.257 e. The van der Waals surface area contributed by atoms with Gasteiger partial charge in [0.1, 0.15) is 0 Å². The molecule has 1 fully saturated rings. The zero-order chi connectivity index (χ0) is 18.0. The molecular weight excluding hydrogens is 371 g/mol. The minimum atomic E-state index is 0. The summed E-state index contributed by atoms with van der Waals surface area (Å²) in [6.07, 6.45) is 2.76. The molecule has 5 nitrogen and oxygen atoms in total. The molecule has 1 unspecified atom stereocenters. The number of hydrogen-bond donors (Lipinski definition) is 1. The van der Waals surface area contributed by atoms with Crippen LogP contribution in [-0.4, -0.2) is 47.3 Å². The number of nitrogens with one attached hydrogen (secondary N) is 1. The second-order valence-corrected chi connectivity index (χ2v) is 7.39. The number of likely N-dealkylation sites (tertiary alicyclic amines) is 1. The van der Waals surface area contributed by atoms with Gasteiger partial charge in [-0.1, -0.05) is 25.4 Å². The van der Waals surface area contributed by atoms with E-state index in [2.05, 4.69) is 24.3 Å². The van der Waals surface area contributed by atoms with Crippen molar-refractivity contribution < 1.29 is 4.79 Å². The number of rotatable bonds is 5. The number of amides is 1. The first kappa shape index (κ1) is 20.7. The van der Waals surface area contributed by atoms with Crippen LogP contribution in [0.2, 0.25) is 5.02 Å². The average molecular weight is 397 g/mol. The third-order valence-electron chi connectivity index (χ3n) is 4.72. The number of carbonyl (C=O) groups is 1. The van der Waals surface area contributed by atoms with Crippen molar-refractivity contribution in [3.05, 3.63) is 46.7 Å². The summed E-state index contributed by atoms with van der Waals surface area (Å²) >= 11 is 5.99. The van der Waals surface area contributed by atoms with Crippen LogP contribution < -0.4 is 5.32 Å². The predicted octanol–water partition coefficient (Wildman–Crippen LogP) is 3.75. The van der Waals surface area contributed by atoms with Gasteiger partial charge >= 0.3 is 0 Å². The fourth-order valence-electron chi connectivity index (χ4n) is 3.51. The van der Waals surface area contributed by atoms with E-state index in [1.165, 1.54) is 0 Å². The van der Waals surface area contributed by atoms with E-state index in [1.54, 1.807) is 6.20 Å². The van der Waals surface area contributed by atoms with Gasteiger partial charge in [-0.15, -0.1) is 12.4 Å². The van der Waals surface area contributed by atoms with Crippen molar-refractivity contribution in [2.45, 2.75) is 26.2 Å². The zero-order valence-electron chi connectivity index (χ0n) is 15.4. The summed E-state index contributed by atoms with van der Waals surface area (Å²) in [7, 11) is 1.96. The van der Waals surface area contributed by atoms with Crippen LogP contribution in [0.4, 0.5) is 0 Å². The molecule has 0 bridgehead atoms. The van der Waals surface area contributed by atoms with Crippen molar-refractivity contribution in [2.75, 3.05) is 26.7 Å². The first-order chi connectivity index (χ1) is 12.0. The number of hydrogen-bond acceptors (Lipinski definition) is 3. The van der Waals surface area contributed by atoms with Crippen LogP contribution in [0.1, 0.15) is 42.2 Å². The molecule has 0 aliphatic carbocycles. The molecule has 0 spiro atoms. The molecule has 1 N–H and O–H groups in total. The Kier molecular flexibility index (Phi) is 7.09. The van der Waals surface area contributed by atoms with Gasteiger partial charge in [0.15, 0.2) is 0 Å². The van der Waals surface area contributed by atoms with Crippen LogP contribution in [0.3, 0.4) is 0 Å². The van der Waals surface area contributed by atoms with Gasteiger partial charge in [-0.05, 0) is 56.1 Å². The summed E-state index contributed by atoms with van der Waals surface area (Å²) in [5, 5.41) is 8.39. The van der Waals surface area contributed by atoms with Crippen molar-refractivity contribution in [1.82, 2.24) is 20.0 Å². The lowest BCUT2D eigenvalue weighted by Gasteiger charge is -2.18. The molecule has 1 saturated heterocycles. The average Bonchev–Trinajstić information content (AvgIpc) is 3.22. The normalized spacial score (nSPS) is 16.8. The molecular formula is C19H26Cl2N4O. The van der Waals surface area contributed by atoms with E-state index >= 15 is 0 Å². The Morgan fingerprint density at radius 1 is 1.35 bits per heavy atom. The molecule has 2 heterocycles. The Morgan fingerprint density at radius 3 is 2.65 bits per heavy atom. The van der Waals surface area contributed by atoms with Gasteiger partial charge in [0, 0.05) is 18.1 Å². The first-order valence-corrected chi connectivity index (χ1v) is 9.16. The van der Waals surface area contributed by atoms with E-state index in [0.717, 1.165) is 37.4 Å². The Hall–Kier alpha value is -1.56. The molecule has 1 amide bonds. The standard InChI is InChI=1S/C19H25ClN4O.ClH/c1-13(2)18-17(19(25)23-9-8-14(12-23)10-21-3)11-22-24(18)16-6-4-15(20)5-7-16;/h4-7,11,13-14,21H,8-10,12H2,1-3H3;1H. The molecule has 2 aromatic rings. The molecule has 1 aliphatic heterocycles. The monoisotopic (exact) mass is 396 g/mol. The lowest BCUT2D eigenvalue weighted by molar-refractivity contribution is 0.0785. The Balaban J connectivity index is 0.00000243. The van der Waals surface area contributed by atoms with Gasteiger partial charge in [-0.3, -0.25) is 4.79 Å². The van der Waals surface area contributed by atoms with Gasteiger partial charge in [0.25, 0.3) is 5.91 Å². The van der Waals surface area contributed by atoms with Gasteiger partial charge in [0.05, 0.1) is 23.1 Å². The number of nitrogens with zero attached hydrogens (tertiary/aromatic N) is 3. The molecule has 142 valence electrons. The maximum Gasteiger partial charge on any atom is 0.257 e. The van der Waals surface area contributed by atoms with E-state index in [1.807, 2.05) is 40.9 Å². The van der Waals surface area contributed by atoms with Gasteiger partial charge in [0.2, 0.25) is 0 Å². The molecule has 0 saturated carbocycles. The molecule has 0 radical (unpaired) electrons. The molecule has 26 heavy (non-hydrogen) atoms. The van der Waals surface area contributed by atoms with E-state index < -0.39 is 0 Å². The lowest BCUT2D eigenvalue weighted by atomic mass is 10.0. The molecule has 1 aromatic heterocycles. The third kappa shape index (κ3) is 4.22. The highest BCUT2D eigenvalue weighted by Gasteiger charge is 2.30. The topological polar surface area (TPSA) is 50.2 Å². The lowest BCUT2D eigenvalue weighted by Crippen LogP contribution is -2.31. The van der Waals surface area contributed by atoms with Crippen LogP contribution in [-0.2, 0) is 0 Å². The van der Waals surface area contributed by atoms with Crippen LogP contribution in [0, 0.1) is 5.92 Å². The fraction of sp³-hybridized carbons (Fsp3) is 0.474. The highest BCUT2D eigenvalue weighted by Crippen LogP contribution is 2.26. The first-order valence-electron chi connectivity index (χ1n) is 8.79. The second-order valence-electron chi connectivity index (χ2n) is 6.95. The number of aromatic nitrogens is 2. The van der Waals surface area contributed by atoms with E-state index in [-0.39, 0.29) is 24.2 Å². The second kappa shape index (κ2) is 8.89. The minimum absolute atomic E-state index is 0. The van der Waals surface area contributed by atoms with Crippen LogP contribution in [0.5, 0.6) is 0 Å². The van der Waals surface area contributed by atoms with Gasteiger partial charge in [-0.25, -0.2) is 4.68 Å². The van der Waals surface area contributed by atoms with E-state index in [0.29, 0.717) is 16.5 Å². The fourth-order valence-corrected chi connectivity index (χ4v) is 3.64. The minimum Gasteiger partial charge on any atom is -0.338 e. The SMILES string of the molecule is CNCC1CCN(C(=O)c2cnn(-c3ccc(Cl)cc3)c2C(C)C)C1.Cl. The summed E-state index contributed by atoms with van der Waals surface area (Å²) in [4.78, 5) is 15.0. The Morgan fingerprint density at radius 2 is 2.04 bits per heavy atom. The summed E-state index contributed by atoms with van der Waals surface area (Å²) in [6.45, 7) is 6.75. The zero-order valence-corrected chi connectivity index (χ0v) is 17.0. The van der Waals surface area contributed by atoms with Crippen LogP contribution in [0.15, 0.2) is 30.5 Å². The molecule has 1 aromatic carbocycles. The van der Waals surface area contributed by atoms with E-state index in [9.17, 15) is 4.79 Å². The summed E-state index contributed by atoms with van der Waals surface area (Å²) in [5.74, 6) is 0.804. The largest absolute Gasteiger partial charge is 0.338 e. The third-order valence-corrected chi connectivity index (χ3v) is 4.97. The highest BCUT2D eigenvalue weighted by atomic mass is 35.5. The van der Waals surface area contributed by atoms with Crippen molar-refractivity contribution in [2.24, 2.45) is 5.92 Å². The summed E-state index contributed by atoms with van der Waals surface area (Å²) in [5.41, 5.74) is 2.57. The number of benzene rings is 1. The molecule has 1 atom stereocenters. The van der Waals surface area contributed by atoms with Crippen molar-refractivity contribution >= 4 is 29.9 Å². The number of carbonyl (C=O) groups excluding carboxylic acids is 1. The maximum atomic E-state index is 13.1.